The van der Waals surface area contributed by atoms with Gasteiger partial charge in [-0.3, -0.25) is 19.3 Å². The number of oxazole rings is 1. The monoisotopic (exact) mass is 452 g/mol. The third-order valence-electron chi connectivity index (χ3n) is 5.35. The Morgan fingerprint density at radius 1 is 0.971 bits per heavy atom. The zero-order valence-electron chi connectivity index (χ0n) is 18.0. The van der Waals surface area contributed by atoms with Crippen molar-refractivity contribution in [2.24, 2.45) is 0 Å². The van der Waals surface area contributed by atoms with Gasteiger partial charge in [0.2, 0.25) is 17.7 Å². The highest BCUT2D eigenvalue weighted by molar-refractivity contribution is 6.15. The Balaban J connectivity index is 1.23. The number of para-hydroxylation sites is 2. The van der Waals surface area contributed by atoms with Crippen molar-refractivity contribution in [2.75, 3.05) is 22.1 Å². The number of hydrogen-bond donors (Lipinski definition) is 2. The van der Waals surface area contributed by atoms with Crippen LogP contribution in [0.2, 0.25) is 0 Å². The highest BCUT2D eigenvalue weighted by Crippen LogP contribution is 2.30. The van der Waals surface area contributed by atoms with Crippen molar-refractivity contribution in [1.29, 1.82) is 0 Å². The van der Waals surface area contributed by atoms with Gasteiger partial charge in [-0.15, -0.1) is 0 Å². The van der Waals surface area contributed by atoms with Crippen LogP contribution in [0.15, 0.2) is 89.5 Å². The molecule has 0 aliphatic carbocycles. The summed E-state index contributed by atoms with van der Waals surface area (Å²) in [5.41, 5.74) is 3.55. The maximum absolute atomic E-state index is 13.0. The summed E-state index contributed by atoms with van der Waals surface area (Å²) >= 11 is 0. The lowest BCUT2D eigenvalue weighted by molar-refractivity contribution is -0.116. The molecule has 1 aliphatic rings. The summed E-state index contributed by atoms with van der Waals surface area (Å²) in [6.45, 7) is -0.0585. The molecule has 8 nitrogen and oxygen atoms in total. The van der Waals surface area contributed by atoms with E-state index in [-0.39, 0.29) is 30.7 Å². The second-order valence-electron chi connectivity index (χ2n) is 7.77. The summed E-state index contributed by atoms with van der Waals surface area (Å²) < 4.78 is 5.47. The topological polar surface area (TPSA) is 105 Å². The van der Waals surface area contributed by atoms with Crippen molar-refractivity contribution in [1.82, 2.24) is 4.98 Å². The lowest BCUT2D eigenvalue weighted by Crippen LogP contribution is -2.42. The molecule has 1 aromatic heterocycles. The molecule has 1 aliphatic heterocycles. The van der Waals surface area contributed by atoms with Crippen LogP contribution in [-0.2, 0) is 16.0 Å². The van der Waals surface area contributed by atoms with Crippen molar-refractivity contribution in [3.05, 3.63) is 96.4 Å². The zero-order valence-corrected chi connectivity index (χ0v) is 18.0. The average Bonchev–Trinajstić information content (AvgIpc) is 3.32. The highest BCUT2D eigenvalue weighted by Gasteiger charge is 2.27. The van der Waals surface area contributed by atoms with Crippen molar-refractivity contribution in [3.8, 4) is 11.5 Å². The number of nitrogens with zero attached hydrogens (tertiary/aromatic N) is 2. The van der Waals surface area contributed by atoms with Gasteiger partial charge in [0.1, 0.15) is 12.8 Å². The first-order valence-electron chi connectivity index (χ1n) is 10.7. The number of benzene rings is 3. The molecule has 0 fully saturated rings. The molecule has 168 valence electrons. The normalized spacial score (nSPS) is 12.6. The van der Waals surface area contributed by atoms with Gasteiger partial charge >= 0.3 is 0 Å². The third-order valence-corrected chi connectivity index (χ3v) is 5.35. The molecule has 0 saturated carbocycles. The van der Waals surface area contributed by atoms with Crippen LogP contribution >= 0.6 is 0 Å². The van der Waals surface area contributed by atoms with Gasteiger partial charge in [-0.25, -0.2) is 4.98 Å². The molecular formula is C26H20N4O4. The number of amides is 3. The number of fused-ring (bicyclic) bond motifs is 1. The first-order chi connectivity index (χ1) is 16.6. The largest absolute Gasteiger partial charge is 0.444 e. The molecule has 2 N–H and O–H groups in total. The molecule has 0 spiro atoms. The van der Waals surface area contributed by atoms with Gasteiger partial charge in [0.25, 0.3) is 5.91 Å². The molecule has 0 atom stereocenters. The summed E-state index contributed by atoms with van der Waals surface area (Å²) in [4.78, 5) is 43.3. The number of rotatable bonds is 5. The van der Waals surface area contributed by atoms with Crippen LogP contribution in [0.5, 0.6) is 0 Å². The molecule has 0 saturated heterocycles. The number of anilines is 3. The van der Waals surface area contributed by atoms with Crippen molar-refractivity contribution < 1.29 is 18.8 Å². The molecule has 5 rings (SSSR count). The number of carbonyl (C=O) groups excluding carboxylic acids is 3. The summed E-state index contributed by atoms with van der Waals surface area (Å²) in [7, 11) is 0. The van der Waals surface area contributed by atoms with E-state index >= 15 is 0 Å². The second-order valence-corrected chi connectivity index (χ2v) is 7.77. The smallest absolute Gasteiger partial charge is 0.258 e. The Labute approximate surface area is 195 Å². The SMILES string of the molecule is O=C(Cc1coc(-c2ccccc2)n1)Nc1ccc(C(=O)N2CC(=O)Nc3ccccc32)cc1. The minimum atomic E-state index is -0.295. The second kappa shape index (κ2) is 9.03. The van der Waals surface area contributed by atoms with Crippen LogP contribution in [0.3, 0.4) is 0 Å². The Bertz CT molecular complexity index is 1360. The van der Waals surface area contributed by atoms with Crippen LogP contribution in [-0.4, -0.2) is 29.3 Å². The van der Waals surface area contributed by atoms with E-state index in [2.05, 4.69) is 15.6 Å². The van der Waals surface area contributed by atoms with Gasteiger partial charge in [0.05, 0.1) is 23.5 Å². The van der Waals surface area contributed by atoms with E-state index in [9.17, 15) is 14.4 Å². The molecule has 0 bridgehead atoms. The Morgan fingerprint density at radius 3 is 2.50 bits per heavy atom. The van der Waals surface area contributed by atoms with Gasteiger partial charge in [-0.05, 0) is 48.5 Å². The maximum Gasteiger partial charge on any atom is 0.258 e. The lowest BCUT2D eigenvalue weighted by Gasteiger charge is -2.29. The molecule has 34 heavy (non-hydrogen) atoms. The van der Waals surface area contributed by atoms with Gasteiger partial charge in [-0.2, -0.15) is 0 Å². The Morgan fingerprint density at radius 2 is 1.71 bits per heavy atom. The fraction of sp³-hybridized carbons (Fsp3) is 0.0769. The lowest BCUT2D eigenvalue weighted by atomic mass is 10.1. The predicted octanol–water partition coefficient (Wildman–Crippen LogP) is 4.12. The number of aromatic nitrogens is 1. The summed E-state index contributed by atoms with van der Waals surface area (Å²) in [5.74, 6) is -0.344. The number of nitrogens with one attached hydrogen (secondary N) is 2. The van der Waals surface area contributed by atoms with Crippen LogP contribution in [0.25, 0.3) is 11.5 Å². The van der Waals surface area contributed by atoms with Crippen molar-refractivity contribution in [3.63, 3.8) is 0 Å². The minimum absolute atomic E-state index is 0.0523. The summed E-state index contributed by atoms with van der Waals surface area (Å²) in [6.07, 6.45) is 1.52. The van der Waals surface area contributed by atoms with Crippen LogP contribution in [0.4, 0.5) is 17.1 Å². The maximum atomic E-state index is 13.0. The molecule has 3 aromatic carbocycles. The van der Waals surface area contributed by atoms with E-state index in [1.54, 1.807) is 42.5 Å². The van der Waals surface area contributed by atoms with Crippen LogP contribution < -0.4 is 15.5 Å². The third kappa shape index (κ3) is 4.42. The highest BCUT2D eigenvalue weighted by atomic mass is 16.3. The summed E-state index contributed by atoms with van der Waals surface area (Å²) in [6, 6.07) is 23.1. The molecular weight excluding hydrogens is 432 g/mol. The van der Waals surface area contributed by atoms with E-state index < -0.39 is 0 Å². The first-order valence-corrected chi connectivity index (χ1v) is 10.7. The Kier molecular flexibility index (Phi) is 5.61. The zero-order chi connectivity index (χ0) is 23.5. The molecule has 8 heteroatoms. The van der Waals surface area contributed by atoms with Crippen molar-refractivity contribution in [2.45, 2.75) is 6.42 Å². The van der Waals surface area contributed by atoms with Gasteiger partial charge in [-0.1, -0.05) is 30.3 Å². The quantitative estimate of drug-likeness (QED) is 0.474. The van der Waals surface area contributed by atoms with E-state index in [1.807, 2.05) is 36.4 Å². The van der Waals surface area contributed by atoms with Crippen LogP contribution in [0, 0.1) is 0 Å². The van der Waals surface area contributed by atoms with Gasteiger partial charge in [0.15, 0.2) is 0 Å². The molecule has 2 heterocycles. The standard InChI is InChI=1S/C26H20N4O4/c31-23(14-20-16-34-25(28-20)17-6-2-1-3-7-17)27-19-12-10-18(11-13-19)26(33)30-15-24(32)29-21-8-4-5-9-22(21)30/h1-13,16H,14-15H2,(H,27,31)(H,29,32). The predicted molar refractivity (Wildman–Crippen MR) is 127 cm³/mol. The molecule has 3 amide bonds. The average molecular weight is 452 g/mol. The number of carbonyl (C=O) groups is 3. The van der Waals surface area contributed by atoms with E-state index in [4.69, 9.17) is 4.42 Å². The van der Waals surface area contributed by atoms with Crippen molar-refractivity contribution >= 4 is 34.8 Å². The number of hydrogen-bond acceptors (Lipinski definition) is 5. The minimum Gasteiger partial charge on any atom is -0.444 e. The fourth-order valence-electron chi connectivity index (χ4n) is 3.74. The Hall–Kier alpha value is -4.72. The first kappa shape index (κ1) is 21.1. The van der Waals surface area contributed by atoms with Crippen LogP contribution in [0.1, 0.15) is 16.1 Å². The molecule has 4 aromatic rings. The van der Waals surface area contributed by atoms with E-state index in [0.717, 1.165) is 5.56 Å². The molecule has 0 unspecified atom stereocenters. The van der Waals surface area contributed by atoms with E-state index in [1.165, 1.54) is 11.2 Å². The van der Waals surface area contributed by atoms with E-state index in [0.29, 0.717) is 34.2 Å². The van der Waals surface area contributed by atoms with Gasteiger partial charge < -0.3 is 15.1 Å². The summed E-state index contributed by atoms with van der Waals surface area (Å²) in [5, 5.41) is 5.56. The molecule has 0 radical (unpaired) electrons. The fourth-order valence-corrected chi connectivity index (χ4v) is 3.74. The van der Waals surface area contributed by atoms with Gasteiger partial charge in [0, 0.05) is 16.8 Å².